The third kappa shape index (κ3) is 5.17. The highest BCUT2D eigenvalue weighted by Crippen LogP contribution is 2.38. The Morgan fingerprint density at radius 2 is 2.09 bits per heavy atom. The third-order valence-electron chi connectivity index (χ3n) is 5.03. The van der Waals surface area contributed by atoms with Gasteiger partial charge >= 0.3 is 5.97 Å². The number of aryl methyl sites for hydroxylation is 1. The quantitative estimate of drug-likeness (QED) is 0.394. The van der Waals surface area contributed by atoms with Gasteiger partial charge in [-0.3, -0.25) is 9.69 Å². The monoisotopic (exact) mass is 472 g/mol. The first-order chi connectivity index (χ1) is 15.5. The number of tetrazole rings is 1. The van der Waals surface area contributed by atoms with Gasteiger partial charge < -0.3 is 10.1 Å². The minimum Gasteiger partial charge on any atom is -0.462 e. The topological polar surface area (TPSA) is 102 Å². The Morgan fingerprint density at radius 3 is 2.81 bits per heavy atom. The van der Waals surface area contributed by atoms with Crippen LogP contribution in [0.15, 0.2) is 35.5 Å². The molecule has 0 spiro atoms. The van der Waals surface area contributed by atoms with Crippen LogP contribution in [0.5, 0.6) is 0 Å². The van der Waals surface area contributed by atoms with Gasteiger partial charge in [-0.25, -0.2) is 9.48 Å². The number of carbonyl (C=O) groups excluding carboxylic acids is 2. The first-order valence-corrected chi connectivity index (χ1v) is 12.1. The fourth-order valence-corrected chi connectivity index (χ4v) is 5.52. The number of anilines is 1. The van der Waals surface area contributed by atoms with Gasteiger partial charge in [-0.15, -0.1) is 16.4 Å². The van der Waals surface area contributed by atoms with Gasteiger partial charge in [-0.1, -0.05) is 42.1 Å². The van der Waals surface area contributed by atoms with Crippen LogP contribution in [0, 0.1) is 0 Å². The van der Waals surface area contributed by atoms with Crippen molar-refractivity contribution in [3.63, 3.8) is 0 Å². The van der Waals surface area contributed by atoms with Crippen molar-refractivity contribution >= 4 is 40.0 Å². The largest absolute Gasteiger partial charge is 0.462 e. The van der Waals surface area contributed by atoms with Crippen LogP contribution in [0.2, 0.25) is 0 Å². The Morgan fingerprint density at radius 1 is 1.28 bits per heavy atom. The molecule has 1 amide bonds. The Balaban J connectivity index is 1.50. The zero-order chi connectivity index (χ0) is 22.5. The van der Waals surface area contributed by atoms with Gasteiger partial charge in [0.25, 0.3) is 0 Å². The summed E-state index contributed by atoms with van der Waals surface area (Å²) < 4.78 is 6.81. The van der Waals surface area contributed by atoms with Crippen LogP contribution < -0.4 is 5.32 Å². The zero-order valence-electron chi connectivity index (χ0n) is 17.9. The summed E-state index contributed by atoms with van der Waals surface area (Å²) in [4.78, 5) is 28.8. The molecule has 0 atom stereocenters. The molecule has 1 aliphatic rings. The predicted molar refractivity (Wildman–Crippen MR) is 123 cm³/mol. The highest BCUT2D eigenvalue weighted by Gasteiger charge is 2.29. The summed E-state index contributed by atoms with van der Waals surface area (Å²) in [6.45, 7) is 4.48. The summed E-state index contributed by atoms with van der Waals surface area (Å²) in [5, 5.41) is 15.2. The van der Waals surface area contributed by atoms with Crippen molar-refractivity contribution in [3.8, 4) is 0 Å². The summed E-state index contributed by atoms with van der Waals surface area (Å²) in [6, 6.07) is 10.3. The van der Waals surface area contributed by atoms with Crippen molar-refractivity contribution in [2.24, 2.45) is 7.05 Å². The number of nitrogens with one attached hydrogen (secondary N) is 1. The second-order valence-corrected chi connectivity index (χ2v) is 9.34. The number of aromatic nitrogens is 4. The molecule has 3 aromatic rings. The van der Waals surface area contributed by atoms with Crippen LogP contribution in [0.3, 0.4) is 0 Å². The molecule has 1 aromatic carbocycles. The lowest BCUT2D eigenvalue weighted by molar-refractivity contribution is -0.113. The van der Waals surface area contributed by atoms with E-state index in [1.165, 1.54) is 33.3 Å². The zero-order valence-corrected chi connectivity index (χ0v) is 19.5. The summed E-state index contributed by atoms with van der Waals surface area (Å²) in [7, 11) is 1.72. The normalized spacial score (nSPS) is 13.6. The van der Waals surface area contributed by atoms with Crippen LogP contribution in [0.4, 0.5) is 5.00 Å². The molecule has 0 fully saturated rings. The maximum atomic E-state index is 12.7. The number of hydrogen-bond acceptors (Lipinski definition) is 9. The van der Waals surface area contributed by atoms with Crippen molar-refractivity contribution in [1.82, 2.24) is 25.1 Å². The Hall–Kier alpha value is -2.76. The summed E-state index contributed by atoms with van der Waals surface area (Å²) in [5.74, 6) is -0.468. The van der Waals surface area contributed by atoms with Gasteiger partial charge in [-0.05, 0) is 34.9 Å². The van der Waals surface area contributed by atoms with Gasteiger partial charge in [0.1, 0.15) is 5.00 Å². The molecule has 0 saturated heterocycles. The molecule has 2 aromatic heterocycles. The van der Waals surface area contributed by atoms with Gasteiger partial charge in [0.2, 0.25) is 11.1 Å². The molecule has 0 unspecified atom stereocenters. The average Bonchev–Trinajstić information content (AvgIpc) is 3.35. The van der Waals surface area contributed by atoms with Gasteiger partial charge in [0.05, 0.1) is 17.9 Å². The SMILES string of the molecule is CCOC(=O)c1c(NC(=O)CSc2nnnn2C)sc2c1CCN(Cc1ccccc1)C2. The molecular weight excluding hydrogens is 448 g/mol. The molecule has 32 heavy (non-hydrogen) atoms. The molecule has 0 bridgehead atoms. The lowest BCUT2D eigenvalue weighted by Crippen LogP contribution is -2.30. The van der Waals surface area contributed by atoms with E-state index in [0.717, 1.165) is 36.5 Å². The van der Waals surface area contributed by atoms with E-state index in [4.69, 9.17) is 4.74 Å². The molecule has 1 N–H and O–H groups in total. The van der Waals surface area contributed by atoms with Crippen LogP contribution in [0.1, 0.15) is 33.3 Å². The van der Waals surface area contributed by atoms with Gasteiger partial charge in [-0.2, -0.15) is 0 Å². The van der Waals surface area contributed by atoms with Crippen molar-refractivity contribution < 1.29 is 14.3 Å². The molecule has 0 radical (unpaired) electrons. The fourth-order valence-electron chi connectivity index (χ4n) is 3.58. The third-order valence-corrected chi connectivity index (χ3v) is 7.17. The van der Waals surface area contributed by atoms with Gasteiger partial charge in [0, 0.05) is 31.6 Å². The maximum Gasteiger partial charge on any atom is 0.341 e. The molecule has 3 heterocycles. The molecule has 168 valence electrons. The predicted octanol–water partition coefficient (Wildman–Crippen LogP) is 2.74. The number of rotatable bonds is 8. The number of benzene rings is 1. The summed E-state index contributed by atoms with van der Waals surface area (Å²) >= 11 is 2.69. The standard InChI is InChI=1S/C21H24N6O3S2/c1-3-30-20(29)18-15-9-10-27(11-14-7-5-4-6-8-14)12-16(15)32-19(18)22-17(28)13-31-21-23-24-25-26(21)2/h4-8H,3,9-13H2,1-2H3,(H,22,28). The Bertz CT molecular complexity index is 1100. The number of thiophene rings is 1. The summed E-state index contributed by atoms with van der Waals surface area (Å²) in [5.41, 5.74) is 2.73. The fraction of sp³-hybridized carbons (Fsp3) is 0.381. The number of ether oxygens (including phenoxy) is 1. The van der Waals surface area contributed by atoms with Crippen molar-refractivity contribution in [1.29, 1.82) is 0 Å². The van der Waals surface area contributed by atoms with Crippen molar-refractivity contribution in [2.75, 3.05) is 24.2 Å². The number of hydrogen-bond donors (Lipinski definition) is 1. The minimum absolute atomic E-state index is 0.138. The molecule has 0 saturated carbocycles. The number of nitrogens with zero attached hydrogens (tertiary/aromatic N) is 5. The number of carbonyl (C=O) groups is 2. The first-order valence-electron chi connectivity index (χ1n) is 10.3. The van der Waals surface area contributed by atoms with Crippen LogP contribution in [-0.4, -0.2) is 55.9 Å². The van der Waals surface area contributed by atoms with E-state index in [-0.39, 0.29) is 24.2 Å². The molecule has 1 aliphatic heterocycles. The maximum absolute atomic E-state index is 12.7. The van der Waals surface area contributed by atoms with Crippen LogP contribution in [-0.2, 0) is 36.1 Å². The Labute approximate surface area is 194 Å². The second-order valence-electron chi connectivity index (χ2n) is 7.30. The first kappa shape index (κ1) is 22.4. The number of thioether (sulfide) groups is 1. The van der Waals surface area contributed by atoms with Crippen molar-refractivity contribution in [3.05, 3.63) is 51.9 Å². The Kier molecular flexibility index (Phi) is 7.18. The molecule has 11 heteroatoms. The van der Waals surface area contributed by atoms with E-state index < -0.39 is 0 Å². The van der Waals surface area contributed by atoms with Crippen molar-refractivity contribution in [2.45, 2.75) is 31.6 Å². The van der Waals surface area contributed by atoms with E-state index in [9.17, 15) is 9.59 Å². The van der Waals surface area contributed by atoms with Crippen LogP contribution in [0.25, 0.3) is 0 Å². The van der Waals surface area contributed by atoms with E-state index in [1.54, 1.807) is 14.0 Å². The van der Waals surface area contributed by atoms with E-state index in [0.29, 0.717) is 15.7 Å². The molecular formula is C21H24N6O3S2. The number of fused-ring (bicyclic) bond motifs is 1. The lowest BCUT2D eigenvalue weighted by atomic mass is 10.0. The van der Waals surface area contributed by atoms with E-state index in [2.05, 4.69) is 37.9 Å². The number of esters is 1. The number of amides is 1. The second kappa shape index (κ2) is 10.2. The summed E-state index contributed by atoms with van der Waals surface area (Å²) in [6.07, 6.45) is 0.738. The smallest absolute Gasteiger partial charge is 0.341 e. The van der Waals surface area contributed by atoms with E-state index >= 15 is 0 Å². The average molecular weight is 473 g/mol. The highest BCUT2D eigenvalue weighted by atomic mass is 32.2. The molecule has 9 nitrogen and oxygen atoms in total. The lowest BCUT2D eigenvalue weighted by Gasteiger charge is -2.27. The highest BCUT2D eigenvalue weighted by molar-refractivity contribution is 7.99. The molecule has 4 rings (SSSR count). The van der Waals surface area contributed by atoms with Crippen LogP contribution >= 0.6 is 23.1 Å². The van der Waals surface area contributed by atoms with E-state index in [1.807, 2.05) is 18.2 Å². The molecule has 0 aliphatic carbocycles. The minimum atomic E-state index is -0.387. The van der Waals surface area contributed by atoms with Gasteiger partial charge in [0.15, 0.2) is 0 Å².